The first-order chi connectivity index (χ1) is 21.5. The maximum absolute atomic E-state index is 13.7. The van der Waals surface area contributed by atoms with Crippen molar-refractivity contribution in [2.24, 2.45) is 11.8 Å². The van der Waals surface area contributed by atoms with E-state index in [0.717, 1.165) is 0 Å². The van der Waals surface area contributed by atoms with E-state index in [4.69, 9.17) is 23.7 Å². The summed E-state index contributed by atoms with van der Waals surface area (Å²) in [4.78, 5) is 27.5. The van der Waals surface area contributed by atoms with Crippen molar-refractivity contribution < 1.29 is 74.1 Å². The molecule has 0 spiro atoms. The Labute approximate surface area is 255 Å². The van der Waals surface area contributed by atoms with E-state index in [1.165, 1.54) is 24.3 Å². The predicted octanol–water partition coefficient (Wildman–Crippen LogP) is -2.06. The second-order valence-electron chi connectivity index (χ2n) is 11.7. The fraction of sp³-hybridized carbons (Fsp3) is 0.533. The molecule has 15 nitrogen and oxygen atoms in total. The molecule has 15 heteroatoms. The second-order valence-corrected chi connectivity index (χ2v) is 11.7. The molecule has 1 saturated carbocycles. The molecule has 6 rings (SSSR count). The maximum Gasteiger partial charge on any atom is 0.310 e. The van der Waals surface area contributed by atoms with Crippen LogP contribution in [0.2, 0.25) is 0 Å². The third-order valence-electron chi connectivity index (χ3n) is 9.14. The predicted molar refractivity (Wildman–Crippen MR) is 145 cm³/mol. The van der Waals surface area contributed by atoms with Crippen LogP contribution in [0.15, 0.2) is 48.5 Å². The average molecular weight is 635 g/mol. The van der Waals surface area contributed by atoms with Crippen LogP contribution in [0.1, 0.15) is 23.0 Å². The molecule has 4 aliphatic rings. The van der Waals surface area contributed by atoms with Crippen molar-refractivity contribution in [3.8, 4) is 11.5 Å². The Morgan fingerprint density at radius 1 is 0.622 bits per heavy atom. The number of rotatable bonds is 3. The van der Waals surface area contributed by atoms with Crippen molar-refractivity contribution in [2.75, 3.05) is 19.8 Å². The lowest BCUT2D eigenvalue weighted by Crippen LogP contribution is -2.63. The number of benzene rings is 2. The van der Waals surface area contributed by atoms with E-state index in [0.29, 0.717) is 11.1 Å². The highest BCUT2D eigenvalue weighted by Gasteiger charge is 2.62. The molecule has 13 unspecified atom stereocenters. The third kappa shape index (κ3) is 5.43. The van der Waals surface area contributed by atoms with Crippen LogP contribution >= 0.6 is 0 Å². The summed E-state index contributed by atoms with van der Waals surface area (Å²) in [6.45, 7) is -2.39. The highest BCUT2D eigenvalue weighted by molar-refractivity contribution is 5.87. The van der Waals surface area contributed by atoms with Gasteiger partial charge in [0.2, 0.25) is 5.79 Å². The number of hydrogen-bond donors (Lipinski definition) is 8. The molecule has 3 aliphatic heterocycles. The summed E-state index contributed by atoms with van der Waals surface area (Å²) in [6, 6.07) is 12.0. The number of ether oxygens (including phenoxy) is 5. The number of hydrogen-bond acceptors (Lipinski definition) is 15. The van der Waals surface area contributed by atoms with Crippen molar-refractivity contribution in [2.45, 2.75) is 66.6 Å². The lowest BCUT2D eigenvalue weighted by atomic mass is 9.52. The van der Waals surface area contributed by atoms with E-state index in [-0.39, 0.29) is 11.5 Å². The number of phenolic OH excluding ortho intramolecular Hbond substituents is 2. The number of aliphatic hydroxyl groups is 6. The summed E-state index contributed by atoms with van der Waals surface area (Å²) >= 11 is 0. The SMILES string of the molecule is O=C1OCC2OC(OC3(CO)OC(COC(=O)C4C1C(c1ccc(O)cc1)C4c1ccc(O)cc1)C(O)C3O)C(O)C(O)C2O. The lowest BCUT2D eigenvalue weighted by molar-refractivity contribution is -0.383. The number of fused-ring (bicyclic) bond motifs is 5. The number of aromatic hydroxyl groups is 2. The zero-order chi connectivity index (χ0) is 32.2. The molecular formula is C30H34O15. The summed E-state index contributed by atoms with van der Waals surface area (Å²) < 4.78 is 27.9. The van der Waals surface area contributed by atoms with Crippen molar-refractivity contribution in [1.29, 1.82) is 0 Å². The van der Waals surface area contributed by atoms with Gasteiger partial charge in [0.25, 0.3) is 0 Å². The molecule has 1 aliphatic carbocycles. The van der Waals surface area contributed by atoms with E-state index < -0.39 is 110 Å². The number of aliphatic hydroxyl groups excluding tert-OH is 6. The van der Waals surface area contributed by atoms with Crippen LogP contribution in [0.3, 0.4) is 0 Å². The monoisotopic (exact) mass is 634 g/mol. The largest absolute Gasteiger partial charge is 0.508 e. The highest BCUT2D eigenvalue weighted by atomic mass is 16.8. The van der Waals surface area contributed by atoms with Crippen LogP contribution in [-0.2, 0) is 33.3 Å². The Morgan fingerprint density at radius 3 is 1.60 bits per heavy atom. The van der Waals surface area contributed by atoms with E-state index in [1.54, 1.807) is 24.3 Å². The van der Waals surface area contributed by atoms with Crippen molar-refractivity contribution in [1.82, 2.24) is 0 Å². The van der Waals surface area contributed by atoms with Crippen molar-refractivity contribution in [3.05, 3.63) is 59.7 Å². The van der Waals surface area contributed by atoms with Crippen LogP contribution in [0, 0.1) is 11.8 Å². The Kier molecular flexibility index (Phi) is 8.49. The van der Waals surface area contributed by atoms with Crippen LogP contribution in [0.5, 0.6) is 11.5 Å². The van der Waals surface area contributed by atoms with E-state index in [1.807, 2.05) is 0 Å². The standard InChI is InChI=1S/C30H34O15/c31-11-30-26(38)23(35)17(44-30)10-42-28(40)21-19(13-3-7-15(33)8-4-13)18(12-1-5-14(32)6-2-12)20(21)27(39)41-9-16-22(34)24(36)25(37)29(43-16)45-30/h1-8,16-26,29,31-38H,9-11H2. The Morgan fingerprint density at radius 2 is 1.11 bits per heavy atom. The van der Waals surface area contributed by atoms with Gasteiger partial charge in [0, 0.05) is 11.8 Å². The molecular weight excluding hydrogens is 600 g/mol. The molecule has 4 bridgehead atoms. The first-order valence-corrected chi connectivity index (χ1v) is 14.4. The lowest BCUT2D eigenvalue weighted by Gasteiger charge is -2.50. The minimum atomic E-state index is -2.40. The van der Waals surface area contributed by atoms with E-state index >= 15 is 0 Å². The van der Waals surface area contributed by atoms with E-state index in [2.05, 4.69) is 0 Å². The maximum atomic E-state index is 13.7. The van der Waals surface area contributed by atoms with Gasteiger partial charge in [0.05, 0.1) is 11.8 Å². The molecule has 2 aromatic carbocycles. The summed E-state index contributed by atoms with van der Waals surface area (Å²) in [7, 11) is 0. The number of esters is 2. The van der Waals surface area contributed by atoms with Crippen LogP contribution < -0.4 is 0 Å². The van der Waals surface area contributed by atoms with E-state index in [9.17, 15) is 50.4 Å². The number of carbonyl (C=O) groups is 2. The smallest absolute Gasteiger partial charge is 0.310 e. The van der Waals surface area contributed by atoms with Gasteiger partial charge in [-0.15, -0.1) is 0 Å². The third-order valence-corrected chi connectivity index (χ3v) is 9.14. The molecule has 3 saturated heterocycles. The number of phenols is 2. The summed E-state index contributed by atoms with van der Waals surface area (Å²) in [5.74, 6) is -7.97. The average Bonchev–Trinajstić information content (AvgIpc) is 3.25. The van der Waals surface area contributed by atoms with Gasteiger partial charge in [-0.3, -0.25) is 9.59 Å². The fourth-order valence-corrected chi connectivity index (χ4v) is 6.68. The van der Waals surface area contributed by atoms with Gasteiger partial charge in [-0.1, -0.05) is 24.3 Å². The normalized spacial score (nSPS) is 41.9. The fourth-order valence-electron chi connectivity index (χ4n) is 6.68. The van der Waals surface area contributed by atoms with Gasteiger partial charge in [-0.05, 0) is 35.4 Å². The van der Waals surface area contributed by atoms with Gasteiger partial charge in [0.1, 0.15) is 74.0 Å². The van der Waals surface area contributed by atoms with Gasteiger partial charge in [-0.2, -0.15) is 0 Å². The summed E-state index contributed by atoms with van der Waals surface area (Å²) in [6.07, 6.45) is -14.0. The molecule has 13 atom stereocenters. The first-order valence-electron chi connectivity index (χ1n) is 14.4. The van der Waals surface area contributed by atoms with Crippen molar-refractivity contribution in [3.63, 3.8) is 0 Å². The molecule has 2 aromatic rings. The van der Waals surface area contributed by atoms with Gasteiger partial charge >= 0.3 is 11.9 Å². The Bertz CT molecular complexity index is 1320. The van der Waals surface area contributed by atoms with Gasteiger partial charge in [0.15, 0.2) is 6.29 Å². The molecule has 0 radical (unpaired) electrons. The first kappa shape index (κ1) is 31.6. The molecule has 8 N–H and O–H groups in total. The summed E-state index contributed by atoms with van der Waals surface area (Å²) in [5.41, 5.74) is 1.14. The zero-order valence-electron chi connectivity index (χ0n) is 23.6. The molecule has 3 heterocycles. The topological polar surface area (TPSA) is 242 Å². The van der Waals surface area contributed by atoms with Crippen LogP contribution in [-0.4, -0.2) is 127 Å². The molecule has 0 amide bonds. The quantitative estimate of drug-likeness (QED) is 0.169. The Hall–Kier alpha value is -3.38. The molecule has 4 fully saturated rings. The zero-order valence-corrected chi connectivity index (χ0v) is 23.6. The Balaban J connectivity index is 1.40. The highest BCUT2D eigenvalue weighted by Crippen LogP contribution is 2.59. The molecule has 45 heavy (non-hydrogen) atoms. The minimum absolute atomic E-state index is 0.0305. The number of carbonyl (C=O) groups excluding carboxylic acids is 2. The summed E-state index contributed by atoms with van der Waals surface area (Å²) in [5, 5.41) is 83.1. The molecule has 244 valence electrons. The van der Waals surface area contributed by atoms with Gasteiger partial charge in [-0.25, -0.2) is 0 Å². The van der Waals surface area contributed by atoms with Crippen LogP contribution in [0.4, 0.5) is 0 Å². The molecule has 0 aromatic heterocycles. The van der Waals surface area contributed by atoms with Crippen molar-refractivity contribution >= 4 is 11.9 Å². The number of cyclic esters (lactones) is 2. The van der Waals surface area contributed by atoms with Gasteiger partial charge < -0.3 is 64.5 Å². The van der Waals surface area contributed by atoms with Crippen LogP contribution in [0.25, 0.3) is 0 Å². The second kappa shape index (κ2) is 12.1. The minimum Gasteiger partial charge on any atom is -0.508 e.